The topological polar surface area (TPSA) is 257 Å². The van der Waals surface area contributed by atoms with Gasteiger partial charge in [0.1, 0.15) is 24.4 Å². The number of phosphoric acid groups is 4. The number of fused-ring (bicyclic) bond motifs is 3. The highest BCUT2D eigenvalue weighted by Crippen LogP contribution is 2.69. The second kappa shape index (κ2) is 10.3. The summed E-state index contributed by atoms with van der Waals surface area (Å²) in [5, 5.41) is 0. The van der Waals surface area contributed by atoms with Gasteiger partial charge in [0.25, 0.3) is 0 Å². The Bertz CT molecular complexity index is 1040. The molecule has 3 rings (SSSR count). The molecule has 35 heavy (non-hydrogen) atoms. The van der Waals surface area contributed by atoms with Crippen molar-refractivity contribution in [3.05, 3.63) is 0 Å². The molecule has 10 atom stereocenters. The summed E-state index contributed by atoms with van der Waals surface area (Å²) in [6.45, 7) is 2.94. The molecule has 2 saturated heterocycles. The summed E-state index contributed by atoms with van der Waals surface area (Å²) in [4.78, 5) is 64.0. The minimum atomic E-state index is -5.48. The SMILES string of the molecule is CCCC(=O)OC1C(OC(=O)CC)C2OP(=O)(O)OP(=O)(O)OC2C2OP(=O)(O)OP(=O)(O)OC12. The molecule has 2 aliphatic heterocycles. The van der Waals surface area contributed by atoms with E-state index in [1.54, 1.807) is 6.92 Å². The molecule has 1 aliphatic carbocycles. The molecule has 0 amide bonds. The highest BCUT2D eigenvalue weighted by Gasteiger charge is 2.66. The number of rotatable bonds is 5. The standard InChI is InChI=1S/C13H22O18P4/c1-3-5-7(15)25-9-8(24-6(14)4-2)10-12(28-34(20,21)30-32(16,17)26-10)13-11(9)27-33(18,19)31-35(22,23)29-13/h8-13H,3-5H2,1-2H3,(H,16,17)(H,18,19)(H,20,21)(H,22,23). The molecule has 1 saturated carbocycles. The van der Waals surface area contributed by atoms with Crippen molar-refractivity contribution in [3.63, 3.8) is 0 Å². The fraction of sp³-hybridized carbons (Fsp3) is 0.846. The van der Waals surface area contributed by atoms with E-state index in [1.807, 2.05) is 0 Å². The van der Waals surface area contributed by atoms with E-state index < -0.39 is 79.9 Å². The molecule has 22 heteroatoms. The molecular weight excluding hydrogens is 568 g/mol. The molecule has 3 aliphatic rings. The first kappa shape index (κ1) is 29.0. The van der Waals surface area contributed by atoms with Gasteiger partial charge in [-0.15, -0.1) is 0 Å². The van der Waals surface area contributed by atoms with Gasteiger partial charge in [-0.2, -0.15) is 8.62 Å². The number of carbonyl (C=O) groups excluding carboxylic acids is 2. The first-order valence-electron chi connectivity index (χ1n) is 9.84. The molecule has 3 fully saturated rings. The van der Waals surface area contributed by atoms with Gasteiger partial charge in [-0.1, -0.05) is 13.8 Å². The second-order valence-corrected chi connectivity index (χ2v) is 13.2. The molecule has 0 aromatic carbocycles. The third kappa shape index (κ3) is 7.07. The zero-order valence-electron chi connectivity index (χ0n) is 17.9. The number of hydrogen-bond acceptors (Lipinski definition) is 14. The van der Waals surface area contributed by atoms with Crippen LogP contribution in [-0.2, 0) is 64.0 Å². The van der Waals surface area contributed by atoms with Crippen LogP contribution in [-0.4, -0.2) is 68.1 Å². The molecule has 0 aromatic rings. The molecule has 2 heterocycles. The lowest BCUT2D eigenvalue weighted by molar-refractivity contribution is -0.225. The van der Waals surface area contributed by atoms with E-state index in [-0.39, 0.29) is 19.3 Å². The van der Waals surface area contributed by atoms with Crippen molar-refractivity contribution in [1.29, 1.82) is 0 Å². The molecule has 4 N–H and O–H groups in total. The lowest BCUT2D eigenvalue weighted by Gasteiger charge is -2.46. The van der Waals surface area contributed by atoms with Crippen molar-refractivity contribution in [2.45, 2.75) is 69.7 Å². The van der Waals surface area contributed by atoms with Gasteiger partial charge in [-0.05, 0) is 6.42 Å². The average molecular weight is 590 g/mol. The highest BCUT2D eigenvalue weighted by molar-refractivity contribution is 7.61. The monoisotopic (exact) mass is 590 g/mol. The summed E-state index contributed by atoms with van der Waals surface area (Å²) in [6, 6.07) is 0. The van der Waals surface area contributed by atoms with Crippen molar-refractivity contribution in [2.24, 2.45) is 0 Å². The van der Waals surface area contributed by atoms with E-state index in [0.717, 1.165) is 0 Å². The Balaban J connectivity index is 2.20. The van der Waals surface area contributed by atoms with Gasteiger partial charge in [0.15, 0.2) is 12.2 Å². The van der Waals surface area contributed by atoms with Crippen molar-refractivity contribution >= 4 is 43.2 Å². The third-order valence-electron chi connectivity index (χ3n) is 4.65. The molecule has 0 spiro atoms. The zero-order valence-corrected chi connectivity index (χ0v) is 21.5. The second-order valence-electron chi connectivity index (χ2n) is 7.33. The van der Waals surface area contributed by atoms with Gasteiger partial charge in [-0.3, -0.25) is 27.7 Å². The summed E-state index contributed by atoms with van der Waals surface area (Å²) in [5.41, 5.74) is 0. The Labute approximate surface area is 197 Å². The normalized spacial score (nSPS) is 47.9. The average Bonchev–Trinajstić information content (AvgIpc) is 2.84. The van der Waals surface area contributed by atoms with Crippen LogP contribution >= 0.6 is 31.3 Å². The molecule has 0 radical (unpaired) electrons. The third-order valence-corrected chi connectivity index (χ3v) is 9.99. The summed E-state index contributed by atoms with van der Waals surface area (Å²) < 4.78 is 87.0. The maximum atomic E-state index is 12.3. The van der Waals surface area contributed by atoms with Gasteiger partial charge in [-0.25, -0.2) is 18.3 Å². The Morgan fingerprint density at radius 2 is 1.00 bits per heavy atom. The zero-order chi connectivity index (χ0) is 26.4. The number of phosphoric ester groups is 4. The number of hydrogen-bond donors (Lipinski definition) is 4. The maximum Gasteiger partial charge on any atom is 0.481 e. The summed E-state index contributed by atoms with van der Waals surface area (Å²) in [6.07, 6.45) is -13.0. The smallest absolute Gasteiger partial charge is 0.455 e. The minimum Gasteiger partial charge on any atom is -0.455 e. The van der Waals surface area contributed by atoms with Crippen LogP contribution in [0.1, 0.15) is 33.1 Å². The summed E-state index contributed by atoms with van der Waals surface area (Å²) in [5.74, 6) is -1.99. The quantitative estimate of drug-likeness (QED) is 0.257. The van der Waals surface area contributed by atoms with Crippen LogP contribution in [0.5, 0.6) is 0 Å². The van der Waals surface area contributed by atoms with E-state index in [0.29, 0.717) is 0 Å². The van der Waals surface area contributed by atoms with Gasteiger partial charge in [0.2, 0.25) is 0 Å². The first-order chi connectivity index (χ1) is 16.0. The number of ether oxygens (including phenoxy) is 2. The Kier molecular flexibility index (Phi) is 8.55. The maximum absolute atomic E-state index is 12.3. The Morgan fingerprint density at radius 3 is 1.34 bits per heavy atom. The molecule has 10 unspecified atom stereocenters. The summed E-state index contributed by atoms with van der Waals surface area (Å²) in [7, 11) is -21.9. The largest absolute Gasteiger partial charge is 0.481 e. The Morgan fingerprint density at radius 1 is 0.657 bits per heavy atom. The van der Waals surface area contributed by atoms with E-state index in [4.69, 9.17) is 27.6 Å². The van der Waals surface area contributed by atoms with Crippen molar-refractivity contribution in [3.8, 4) is 0 Å². The van der Waals surface area contributed by atoms with Crippen LogP contribution < -0.4 is 0 Å². The van der Waals surface area contributed by atoms with Crippen LogP contribution in [0.3, 0.4) is 0 Å². The van der Waals surface area contributed by atoms with Crippen LogP contribution in [0.25, 0.3) is 0 Å². The van der Waals surface area contributed by atoms with Crippen molar-refractivity contribution < 1.29 is 83.6 Å². The molecule has 0 aromatic heterocycles. The predicted octanol–water partition coefficient (Wildman–Crippen LogP) is 1.04. The van der Waals surface area contributed by atoms with Crippen molar-refractivity contribution in [1.82, 2.24) is 0 Å². The first-order valence-corrected chi connectivity index (χ1v) is 15.8. The van der Waals surface area contributed by atoms with Gasteiger partial charge in [0.05, 0.1) is 0 Å². The molecule has 18 nitrogen and oxygen atoms in total. The van der Waals surface area contributed by atoms with Crippen molar-refractivity contribution in [2.75, 3.05) is 0 Å². The Hall–Kier alpha value is -0.540. The molecule has 202 valence electrons. The number of esters is 2. The number of carbonyl (C=O) groups is 2. The summed E-state index contributed by atoms with van der Waals surface area (Å²) >= 11 is 0. The van der Waals surface area contributed by atoms with E-state index >= 15 is 0 Å². The van der Waals surface area contributed by atoms with Crippen LogP contribution in [0.4, 0.5) is 0 Å². The fourth-order valence-electron chi connectivity index (χ4n) is 3.47. The molecular formula is C13H22O18P4. The van der Waals surface area contributed by atoms with Gasteiger partial charge in [0, 0.05) is 12.8 Å². The molecule has 0 bridgehead atoms. The van der Waals surface area contributed by atoms with Crippen LogP contribution in [0.2, 0.25) is 0 Å². The van der Waals surface area contributed by atoms with Gasteiger partial charge < -0.3 is 29.0 Å². The lowest BCUT2D eigenvalue weighted by Crippen LogP contribution is -2.66. The fourth-order valence-corrected chi connectivity index (χ4v) is 8.37. The highest BCUT2D eigenvalue weighted by atomic mass is 31.3. The van der Waals surface area contributed by atoms with E-state index in [9.17, 15) is 47.4 Å². The predicted molar refractivity (Wildman–Crippen MR) is 106 cm³/mol. The van der Waals surface area contributed by atoms with Gasteiger partial charge >= 0.3 is 43.2 Å². The van der Waals surface area contributed by atoms with Crippen LogP contribution in [0, 0.1) is 0 Å². The van der Waals surface area contributed by atoms with E-state index in [1.165, 1.54) is 6.92 Å². The lowest BCUT2D eigenvalue weighted by atomic mass is 9.84. The minimum absolute atomic E-state index is 0.228. The van der Waals surface area contributed by atoms with E-state index in [2.05, 4.69) is 8.62 Å². The van der Waals surface area contributed by atoms with Crippen LogP contribution in [0.15, 0.2) is 0 Å².